The van der Waals surface area contributed by atoms with Crippen molar-refractivity contribution in [2.24, 2.45) is 11.1 Å². The molecule has 0 amide bonds. The predicted octanol–water partition coefficient (Wildman–Crippen LogP) is 2.73. The summed E-state index contributed by atoms with van der Waals surface area (Å²) in [5.41, 5.74) is 6.96. The Balaban J connectivity index is 0.000000902. The normalized spacial score (nSPS) is 23.4. The molecule has 19 heavy (non-hydrogen) atoms. The van der Waals surface area contributed by atoms with Crippen molar-refractivity contribution in [3.63, 3.8) is 0 Å². The van der Waals surface area contributed by atoms with E-state index >= 15 is 0 Å². The number of hydrogen-bond acceptors (Lipinski definition) is 2. The average molecular weight is 311 g/mol. The van der Waals surface area contributed by atoms with Gasteiger partial charge in [-0.15, -0.1) is 24.8 Å². The Morgan fingerprint density at radius 1 is 1.11 bits per heavy atom. The average Bonchev–Trinajstić information content (AvgIpc) is 2.61. The Labute approximate surface area is 124 Å². The SMILES string of the molecule is Cl.Cl.N[C@@H]1c2c(F)ccc(F)c2CC12CCNCC2. The molecule has 0 aromatic heterocycles. The molecule has 1 saturated heterocycles. The lowest BCUT2D eigenvalue weighted by atomic mass is 9.73. The molecule has 3 rings (SSSR count). The van der Waals surface area contributed by atoms with Crippen LogP contribution in [0.2, 0.25) is 0 Å². The van der Waals surface area contributed by atoms with E-state index < -0.39 is 0 Å². The van der Waals surface area contributed by atoms with Crippen molar-refractivity contribution >= 4 is 24.8 Å². The largest absolute Gasteiger partial charge is 0.323 e. The summed E-state index contributed by atoms with van der Waals surface area (Å²) in [5, 5.41) is 3.27. The third-order valence-corrected chi connectivity index (χ3v) is 4.35. The van der Waals surface area contributed by atoms with Crippen molar-refractivity contribution in [3.8, 4) is 0 Å². The van der Waals surface area contributed by atoms with Crippen LogP contribution in [0, 0.1) is 17.0 Å². The summed E-state index contributed by atoms with van der Waals surface area (Å²) in [6.07, 6.45) is 2.36. The number of rotatable bonds is 0. The van der Waals surface area contributed by atoms with Gasteiger partial charge in [-0.2, -0.15) is 0 Å². The van der Waals surface area contributed by atoms with E-state index in [0.29, 0.717) is 17.5 Å². The second kappa shape index (κ2) is 5.92. The first-order chi connectivity index (χ1) is 8.14. The minimum atomic E-state index is -0.365. The van der Waals surface area contributed by atoms with Gasteiger partial charge in [0, 0.05) is 11.6 Å². The number of hydrogen-bond donors (Lipinski definition) is 2. The lowest BCUT2D eigenvalue weighted by Gasteiger charge is -2.37. The first-order valence-electron chi connectivity index (χ1n) is 6.07. The van der Waals surface area contributed by atoms with Gasteiger partial charge in [0.1, 0.15) is 11.6 Å². The van der Waals surface area contributed by atoms with Gasteiger partial charge in [0.2, 0.25) is 0 Å². The molecule has 0 unspecified atom stereocenters. The van der Waals surface area contributed by atoms with E-state index in [9.17, 15) is 8.78 Å². The lowest BCUT2D eigenvalue weighted by Crippen LogP contribution is -2.42. The van der Waals surface area contributed by atoms with Crippen LogP contribution in [0.3, 0.4) is 0 Å². The fourth-order valence-corrected chi connectivity index (χ4v) is 3.31. The summed E-state index contributed by atoms with van der Waals surface area (Å²) in [5.74, 6) is -0.670. The summed E-state index contributed by atoms with van der Waals surface area (Å²) in [6.45, 7) is 1.76. The zero-order valence-electron chi connectivity index (χ0n) is 10.4. The van der Waals surface area contributed by atoms with E-state index in [0.717, 1.165) is 25.9 Å². The van der Waals surface area contributed by atoms with Crippen LogP contribution in [0.1, 0.15) is 30.0 Å². The molecule has 1 fully saturated rings. The third kappa shape index (κ3) is 2.47. The van der Waals surface area contributed by atoms with Crippen molar-refractivity contribution in [1.29, 1.82) is 0 Å². The Hall–Kier alpha value is -0.420. The van der Waals surface area contributed by atoms with Crippen LogP contribution in [0.25, 0.3) is 0 Å². The fraction of sp³-hybridized carbons (Fsp3) is 0.538. The molecule has 0 bridgehead atoms. The Bertz CT molecular complexity index is 462. The van der Waals surface area contributed by atoms with Crippen LogP contribution >= 0.6 is 24.8 Å². The standard InChI is InChI=1S/C13H16F2N2.2ClH/c14-9-1-2-10(15)11-8(9)7-13(12(11)16)3-5-17-6-4-13;;/h1-2,12,17H,3-7,16H2;2*1H/t12-;;/m1../s1. The fourth-order valence-electron chi connectivity index (χ4n) is 3.31. The van der Waals surface area contributed by atoms with Crippen LogP contribution in [0.15, 0.2) is 12.1 Å². The molecule has 1 spiro atoms. The maximum atomic E-state index is 13.8. The molecule has 1 aliphatic heterocycles. The van der Waals surface area contributed by atoms with Crippen LogP contribution < -0.4 is 11.1 Å². The zero-order valence-corrected chi connectivity index (χ0v) is 12.1. The molecule has 1 atom stereocenters. The monoisotopic (exact) mass is 310 g/mol. The van der Waals surface area contributed by atoms with Gasteiger partial charge in [-0.1, -0.05) is 0 Å². The molecular weight excluding hydrogens is 293 g/mol. The predicted molar refractivity (Wildman–Crippen MR) is 76.0 cm³/mol. The van der Waals surface area contributed by atoms with Gasteiger partial charge in [-0.05, 0) is 55.5 Å². The first kappa shape index (κ1) is 16.6. The van der Waals surface area contributed by atoms with Gasteiger partial charge in [0.15, 0.2) is 0 Å². The van der Waals surface area contributed by atoms with Gasteiger partial charge in [-0.3, -0.25) is 0 Å². The molecule has 0 saturated carbocycles. The molecule has 3 N–H and O–H groups in total. The van der Waals surface area contributed by atoms with E-state index in [4.69, 9.17) is 5.73 Å². The quantitative estimate of drug-likeness (QED) is 0.773. The molecular formula is C13H18Cl2F2N2. The first-order valence-corrected chi connectivity index (χ1v) is 6.07. The smallest absolute Gasteiger partial charge is 0.128 e. The summed E-state index contributed by atoms with van der Waals surface area (Å²) in [7, 11) is 0. The number of benzene rings is 1. The molecule has 2 nitrogen and oxygen atoms in total. The number of piperidine rings is 1. The van der Waals surface area contributed by atoms with Crippen molar-refractivity contribution in [2.45, 2.75) is 25.3 Å². The summed E-state index contributed by atoms with van der Waals surface area (Å²) in [6, 6.07) is 2.03. The topological polar surface area (TPSA) is 38.0 Å². The molecule has 1 heterocycles. The second-order valence-corrected chi connectivity index (χ2v) is 5.19. The van der Waals surface area contributed by atoms with E-state index in [2.05, 4.69) is 5.32 Å². The Kier molecular flexibility index (Phi) is 5.18. The van der Waals surface area contributed by atoms with Gasteiger partial charge in [-0.25, -0.2) is 8.78 Å². The van der Waals surface area contributed by atoms with Gasteiger partial charge in [0.25, 0.3) is 0 Å². The van der Waals surface area contributed by atoms with Crippen LogP contribution in [0.4, 0.5) is 8.78 Å². The highest BCUT2D eigenvalue weighted by Crippen LogP contribution is 2.51. The maximum absolute atomic E-state index is 13.8. The molecule has 1 aromatic carbocycles. The van der Waals surface area contributed by atoms with Crippen LogP contribution in [-0.2, 0) is 6.42 Å². The van der Waals surface area contributed by atoms with Gasteiger partial charge >= 0.3 is 0 Å². The molecule has 1 aliphatic carbocycles. The van der Waals surface area contributed by atoms with Gasteiger partial charge < -0.3 is 11.1 Å². The van der Waals surface area contributed by atoms with Crippen LogP contribution in [0.5, 0.6) is 0 Å². The highest BCUT2D eigenvalue weighted by molar-refractivity contribution is 5.85. The molecule has 1 aromatic rings. The molecule has 6 heteroatoms. The summed E-state index contributed by atoms with van der Waals surface area (Å²) < 4.78 is 27.5. The van der Waals surface area contributed by atoms with E-state index in [1.807, 2.05) is 0 Å². The van der Waals surface area contributed by atoms with Crippen LogP contribution in [-0.4, -0.2) is 13.1 Å². The van der Waals surface area contributed by atoms with Gasteiger partial charge in [0.05, 0.1) is 0 Å². The number of nitrogens with two attached hydrogens (primary N) is 1. The minimum Gasteiger partial charge on any atom is -0.323 e. The number of nitrogens with one attached hydrogen (secondary N) is 1. The minimum absolute atomic E-state index is 0. The van der Waals surface area contributed by atoms with E-state index in [-0.39, 0.29) is 47.9 Å². The van der Waals surface area contributed by atoms with Crippen molar-refractivity contribution in [3.05, 3.63) is 34.9 Å². The van der Waals surface area contributed by atoms with Crippen molar-refractivity contribution in [1.82, 2.24) is 5.32 Å². The highest BCUT2D eigenvalue weighted by Gasteiger charge is 2.47. The number of halogens is 4. The number of fused-ring (bicyclic) bond motifs is 1. The molecule has 0 radical (unpaired) electrons. The molecule has 108 valence electrons. The Morgan fingerprint density at radius 2 is 1.68 bits per heavy atom. The second-order valence-electron chi connectivity index (χ2n) is 5.19. The van der Waals surface area contributed by atoms with E-state index in [1.54, 1.807) is 0 Å². The maximum Gasteiger partial charge on any atom is 0.128 e. The third-order valence-electron chi connectivity index (χ3n) is 4.35. The van der Waals surface area contributed by atoms with E-state index in [1.165, 1.54) is 12.1 Å². The molecule has 2 aliphatic rings. The summed E-state index contributed by atoms with van der Waals surface area (Å²) >= 11 is 0. The summed E-state index contributed by atoms with van der Waals surface area (Å²) in [4.78, 5) is 0. The zero-order chi connectivity index (χ0) is 12.0. The Morgan fingerprint density at radius 3 is 2.26 bits per heavy atom. The lowest BCUT2D eigenvalue weighted by molar-refractivity contribution is 0.172. The van der Waals surface area contributed by atoms with Crippen molar-refractivity contribution < 1.29 is 8.78 Å². The highest BCUT2D eigenvalue weighted by atomic mass is 35.5. The van der Waals surface area contributed by atoms with Crippen molar-refractivity contribution in [2.75, 3.05) is 13.1 Å².